The summed E-state index contributed by atoms with van der Waals surface area (Å²) in [5.41, 5.74) is 1.79. The maximum Gasteiger partial charge on any atom is 0.428 e. The minimum Gasteiger partial charge on any atom is -0.443 e. The number of carbonyl (C=O) groups is 1. The molecule has 0 saturated carbocycles. The quantitative estimate of drug-likeness (QED) is 0.326. The molecule has 0 aliphatic rings. The second kappa shape index (κ2) is 6.18. The van der Waals surface area contributed by atoms with Crippen molar-refractivity contribution in [2.45, 2.75) is 39.2 Å². The third kappa shape index (κ3) is 8.77. The number of allylic oxidation sites excluding steroid dienone is 1. The van der Waals surface area contributed by atoms with E-state index < -0.39 is 11.7 Å². The van der Waals surface area contributed by atoms with Gasteiger partial charge in [0.05, 0.1) is 0 Å². The number of hydrogen-bond donors (Lipinski definition) is 1. The van der Waals surface area contributed by atoms with E-state index >= 15 is 0 Å². The molecule has 4 nitrogen and oxygen atoms in total. The lowest BCUT2D eigenvalue weighted by molar-refractivity contribution is 0.0529. The Morgan fingerprint density at radius 1 is 1.50 bits per heavy atom. The Hall–Kier alpha value is -1.32. The van der Waals surface area contributed by atoms with Crippen molar-refractivity contribution in [2.24, 2.45) is 5.10 Å². The number of carbonyl (C=O) groups excluding carboxylic acids is 1. The van der Waals surface area contributed by atoms with Gasteiger partial charge < -0.3 is 4.74 Å². The van der Waals surface area contributed by atoms with E-state index in [2.05, 4.69) is 17.1 Å². The van der Waals surface area contributed by atoms with Crippen LogP contribution in [0.4, 0.5) is 4.79 Å². The third-order valence-corrected chi connectivity index (χ3v) is 1.15. The minimum absolute atomic E-state index is 0.485. The maximum atomic E-state index is 11.0. The van der Waals surface area contributed by atoms with Gasteiger partial charge in [0.2, 0.25) is 0 Å². The maximum absolute atomic E-state index is 11.0. The molecule has 80 valence electrons. The molecular formula is C10H18N2O2. The standard InChI is InChI=1S/C10H18N2O2/c1-5-6-7-8-11-12-9(13)14-10(2,3)4/h5,8H,1,6-7H2,2-4H3,(H,12,13)/b11-8+. The molecule has 14 heavy (non-hydrogen) atoms. The molecule has 0 heterocycles. The van der Waals surface area contributed by atoms with Crippen molar-refractivity contribution in [1.82, 2.24) is 5.43 Å². The van der Waals surface area contributed by atoms with Crippen molar-refractivity contribution in [2.75, 3.05) is 0 Å². The van der Waals surface area contributed by atoms with Crippen LogP contribution in [0.2, 0.25) is 0 Å². The minimum atomic E-state index is -0.535. The molecule has 0 rings (SSSR count). The Balaban J connectivity index is 3.63. The molecule has 0 radical (unpaired) electrons. The fourth-order valence-electron chi connectivity index (χ4n) is 0.656. The lowest BCUT2D eigenvalue weighted by atomic mass is 10.2. The number of hydrazone groups is 1. The fraction of sp³-hybridized carbons (Fsp3) is 0.600. The van der Waals surface area contributed by atoms with Crippen molar-refractivity contribution in [3.63, 3.8) is 0 Å². The van der Waals surface area contributed by atoms with E-state index in [9.17, 15) is 4.79 Å². The van der Waals surface area contributed by atoms with E-state index in [4.69, 9.17) is 4.74 Å². The number of unbranched alkanes of at least 4 members (excludes halogenated alkanes) is 1. The SMILES string of the molecule is C=CCC/C=N/NC(=O)OC(C)(C)C. The monoisotopic (exact) mass is 198 g/mol. The van der Waals surface area contributed by atoms with E-state index in [1.54, 1.807) is 33.1 Å². The first-order valence-electron chi connectivity index (χ1n) is 4.57. The Bertz CT molecular complexity index is 217. The molecule has 0 spiro atoms. The van der Waals surface area contributed by atoms with Crippen LogP contribution in [0.15, 0.2) is 17.8 Å². The summed E-state index contributed by atoms with van der Waals surface area (Å²) in [7, 11) is 0. The molecule has 4 heteroatoms. The molecule has 0 atom stereocenters. The van der Waals surface area contributed by atoms with E-state index in [1.807, 2.05) is 0 Å². The van der Waals surface area contributed by atoms with Gasteiger partial charge in [-0.1, -0.05) is 6.08 Å². The van der Waals surface area contributed by atoms with Gasteiger partial charge in [0, 0.05) is 6.21 Å². The summed E-state index contributed by atoms with van der Waals surface area (Å²) in [4.78, 5) is 11.0. The Morgan fingerprint density at radius 2 is 2.14 bits per heavy atom. The molecule has 0 bridgehead atoms. The molecule has 0 aliphatic carbocycles. The average molecular weight is 198 g/mol. The molecule has 0 unspecified atom stereocenters. The highest BCUT2D eigenvalue weighted by Gasteiger charge is 2.15. The summed E-state index contributed by atoms with van der Waals surface area (Å²) < 4.78 is 4.96. The predicted octanol–water partition coefficient (Wildman–Crippen LogP) is 2.46. The molecule has 0 aliphatic heterocycles. The summed E-state index contributed by atoms with van der Waals surface area (Å²) in [5, 5.41) is 3.70. The molecule has 0 aromatic rings. The van der Waals surface area contributed by atoms with Crippen LogP contribution in [0.25, 0.3) is 0 Å². The van der Waals surface area contributed by atoms with Gasteiger partial charge in [-0.3, -0.25) is 0 Å². The van der Waals surface area contributed by atoms with E-state index in [-0.39, 0.29) is 0 Å². The topological polar surface area (TPSA) is 50.7 Å². The Kier molecular flexibility index (Phi) is 5.60. The average Bonchev–Trinajstić information content (AvgIpc) is 2.00. The lowest BCUT2D eigenvalue weighted by Crippen LogP contribution is -2.29. The zero-order chi connectivity index (χ0) is 11.0. The highest BCUT2D eigenvalue weighted by Crippen LogP contribution is 2.06. The van der Waals surface area contributed by atoms with Crippen LogP contribution in [0.1, 0.15) is 33.6 Å². The number of ether oxygens (including phenoxy) is 1. The van der Waals surface area contributed by atoms with Crippen molar-refractivity contribution in [1.29, 1.82) is 0 Å². The van der Waals surface area contributed by atoms with Crippen LogP contribution < -0.4 is 5.43 Å². The van der Waals surface area contributed by atoms with Gasteiger partial charge >= 0.3 is 6.09 Å². The van der Waals surface area contributed by atoms with Gasteiger partial charge in [0.25, 0.3) is 0 Å². The molecule has 0 aromatic heterocycles. The Morgan fingerprint density at radius 3 is 2.64 bits per heavy atom. The van der Waals surface area contributed by atoms with Crippen molar-refractivity contribution >= 4 is 12.3 Å². The highest BCUT2D eigenvalue weighted by molar-refractivity contribution is 5.69. The fourth-order valence-corrected chi connectivity index (χ4v) is 0.656. The lowest BCUT2D eigenvalue weighted by Gasteiger charge is -2.18. The van der Waals surface area contributed by atoms with E-state index in [0.717, 1.165) is 12.8 Å². The summed E-state index contributed by atoms with van der Waals surface area (Å²) in [5.74, 6) is 0. The van der Waals surface area contributed by atoms with Gasteiger partial charge in [0.15, 0.2) is 0 Å². The summed E-state index contributed by atoms with van der Waals surface area (Å²) in [6.45, 7) is 8.97. The predicted molar refractivity (Wildman–Crippen MR) is 57.3 cm³/mol. The van der Waals surface area contributed by atoms with Crippen molar-refractivity contribution in [3.8, 4) is 0 Å². The van der Waals surface area contributed by atoms with Crippen LogP contribution in [0.3, 0.4) is 0 Å². The van der Waals surface area contributed by atoms with Crippen LogP contribution in [-0.4, -0.2) is 17.9 Å². The number of hydrogen-bond acceptors (Lipinski definition) is 3. The van der Waals surface area contributed by atoms with Crippen LogP contribution in [0, 0.1) is 0 Å². The molecule has 0 saturated heterocycles. The number of rotatable bonds is 4. The first-order chi connectivity index (χ1) is 6.45. The normalized spacial score (nSPS) is 11.4. The van der Waals surface area contributed by atoms with Gasteiger partial charge in [0.1, 0.15) is 5.60 Å². The summed E-state index contributed by atoms with van der Waals surface area (Å²) >= 11 is 0. The molecule has 1 N–H and O–H groups in total. The highest BCUT2D eigenvalue weighted by atomic mass is 16.6. The molecular weight excluding hydrogens is 180 g/mol. The van der Waals surface area contributed by atoms with Gasteiger partial charge in [-0.15, -0.1) is 6.58 Å². The zero-order valence-corrected chi connectivity index (χ0v) is 9.04. The first kappa shape index (κ1) is 12.7. The summed E-state index contributed by atoms with van der Waals surface area (Å²) in [6.07, 6.45) is 4.48. The number of amides is 1. The smallest absolute Gasteiger partial charge is 0.428 e. The molecule has 1 amide bonds. The van der Waals surface area contributed by atoms with E-state index in [1.165, 1.54) is 0 Å². The van der Waals surface area contributed by atoms with Gasteiger partial charge in [-0.2, -0.15) is 5.10 Å². The summed E-state index contributed by atoms with van der Waals surface area (Å²) in [6, 6.07) is 0. The van der Waals surface area contributed by atoms with Crippen molar-refractivity contribution in [3.05, 3.63) is 12.7 Å². The second-order valence-electron chi connectivity index (χ2n) is 3.79. The van der Waals surface area contributed by atoms with Crippen LogP contribution in [-0.2, 0) is 4.74 Å². The number of nitrogens with zero attached hydrogens (tertiary/aromatic N) is 1. The van der Waals surface area contributed by atoms with Gasteiger partial charge in [-0.05, 0) is 33.6 Å². The molecule has 0 aromatic carbocycles. The van der Waals surface area contributed by atoms with Crippen LogP contribution >= 0.6 is 0 Å². The first-order valence-corrected chi connectivity index (χ1v) is 4.57. The Labute approximate surface area is 85.0 Å². The second-order valence-corrected chi connectivity index (χ2v) is 3.79. The number of nitrogens with one attached hydrogen (secondary N) is 1. The van der Waals surface area contributed by atoms with Crippen LogP contribution in [0.5, 0.6) is 0 Å². The largest absolute Gasteiger partial charge is 0.443 e. The van der Waals surface area contributed by atoms with Gasteiger partial charge in [-0.25, -0.2) is 10.2 Å². The van der Waals surface area contributed by atoms with E-state index in [0.29, 0.717) is 0 Å². The third-order valence-electron chi connectivity index (χ3n) is 1.15. The van der Waals surface area contributed by atoms with Crippen molar-refractivity contribution < 1.29 is 9.53 Å². The molecule has 0 fully saturated rings. The zero-order valence-electron chi connectivity index (χ0n) is 9.04.